The molecule has 0 atom stereocenters. The van der Waals surface area contributed by atoms with Crippen molar-refractivity contribution in [2.75, 3.05) is 7.11 Å². The minimum absolute atomic E-state index is 0.0678. The Morgan fingerprint density at radius 2 is 1.86 bits per heavy atom. The Kier molecular flexibility index (Phi) is 4.30. The minimum atomic E-state index is -0.0678. The number of H-pyrrole nitrogens is 1. The van der Waals surface area contributed by atoms with E-state index in [9.17, 15) is 0 Å². The van der Waals surface area contributed by atoms with Gasteiger partial charge in [-0.25, -0.2) is 4.99 Å². The van der Waals surface area contributed by atoms with E-state index < -0.39 is 0 Å². The lowest BCUT2D eigenvalue weighted by Gasteiger charge is -2.25. The normalized spacial score (nSPS) is 16.0. The number of methoxy groups -OCH3 is 1. The minimum Gasteiger partial charge on any atom is -0.494 e. The fraction of sp³-hybridized carbons (Fsp3) is 0.292. The van der Waals surface area contributed by atoms with Crippen molar-refractivity contribution in [1.82, 2.24) is 9.55 Å². The molecule has 1 aliphatic heterocycles. The molecule has 0 unspecified atom stereocenters. The van der Waals surface area contributed by atoms with Gasteiger partial charge in [0.25, 0.3) is 0 Å². The van der Waals surface area contributed by atoms with Gasteiger partial charge in [-0.3, -0.25) is 0 Å². The van der Waals surface area contributed by atoms with Gasteiger partial charge in [0.15, 0.2) is 0 Å². The van der Waals surface area contributed by atoms with Gasteiger partial charge in [-0.15, -0.1) is 0 Å². The van der Waals surface area contributed by atoms with Crippen LogP contribution in [0.25, 0.3) is 17.0 Å². The second kappa shape index (κ2) is 6.55. The van der Waals surface area contributed by atoms with E-state index in [1.807, 2.05) is 6.08 Å². The predicted molar refractivity (Wildman–Crippen MR) is 117 cm³/mol. The number of fused-ring (bicyclic) bond motifs is 1. The lowest BCUT2D eigenvalue weighted by molar-refractivity contribution is 0.303. The van der Waals surface area contributed by atoms with Crippen LogP contribution in [0.3, 0.4) is 0 Å². The molecule has 0 fully saturated rings. The smallest absolute Gasteiger partial charge is 0.146 e. The first-order chi connectivity index (χ1) is 13.3. The van der Waals surface area contributed by atoms with Crippen molar-refractivity contribution in [3.63, 3.8) is 0 Å². The second-order valence-corrected chi connectivity index (χ2v) is 8.38. The molecule has 3 aromatic rings. The van der Waals surface area contributed by atoms with Gasteiger partial charge in [0.05, 0.1) is 18.5 Å². The SMILES string of the molecule is COC1=CC(c2cc3ccccc3n2C(C)(C)C)=N/C1=C\c1[nH]c(C)cc1C. The number of aryl methyl sites for hydroxylation is 2. The molecule has 0 aliphatic carbocycles. The Balaban J connectivity index is 1.88. The molecule has 1 aromatic carbocycles. The maximum atomic E-state index is 5.65. The van der Waals surface area contributed by atoms with Crippen LogP contribution < -0.4 is 0 Å². The maximum absolute atomic E-state index is 5.65. The monoisotopic (exact) mass is 373 g/mol. The first-order valence-electron chi connectivity index (χ1n) is 9.62. The van der Waals surface area contributed by atoms with Gasteiger partial charge in [-0.2, -0.15) is 0 Å². The molecule has 4 rings (SSSR count). The Morgan fingerprint density at radius 3 is 2.50 bits per heavy atom. The highest BCUT2D eigenvalue weighted by Gasteiger charge is 2.25. The van der Waals surface area contributed by atoms with Crippen molar-refractivity contribution in [2.24, 2.45) is 4.99 Å². The Hall–Kier alpha value is -3.01. The Bertz CT molecular complexity index is 1150. The predicted octanol–water partition coefficient (Wildman–Crippen LogP) is 5.72. The van der Waals surface area contributed by atoms with E-state index in [1.165, 1.54) is 16.5 Å². The van der Waals surface area contributed by atoms with E-state index in [2.05, 4.69) is 86.6 Å². The Labute approximate surface area is 166 Å². The third-order valence-corrected chi connectivity index (χ3v) is 5.10. The third kappa shape index (κ3) is 3.09. The van der Waals surface area contributed by atoms with Gasteiger partial charge < -0.3 is 14.3 Å². The van der Waals surface area contributed by atoms with Gasteiger partial charge in [-0.05, 0) is 64.5 Å². The molecule has 1 aliphatic rings. The quantitative estimate of drug-likeness (QED) is 0.627. The number of aromatic amines is 1. The third-order valence-electron chi connectivity index (χ3n) is 5.10. The van der Waals surface area contributed by atoms with Gasteiger partial charge in [0.1, 0.15) is 11.5 Å². The van der Waals surface area contributed by atoms with E-state index >= 15 is 0 Å². The molecule has 1 N–H and O–H groups in total. The lowest BCUT2D eigenvalue weighted by Crippen LogP contribution is -2.25. The molecule has 0 radical (unpaired) electrons. The lowest BCUT2D eigenvalue weighted by atomic mass is 10.1. The fourth-order valence-electron chi connectivity index (χ4n) is 3.92. The van der Waals surface area contributed by atoms with Crippen LogP contribution in [-0.2, 0) is 10.3 Å². The van der Waals surface area contributed by atoms with Crippen molar-refractivity contribution in [3.8, 4) is 0 Å². The summed E-state index contributed by atoms with van der Waals surface area (Å²) in [4.78, 5) is 8.34. The molecule has 144 valence electrons. The van der Waals surface area contributed by atoms with Gasteiger partial charge >= 0.3 is 0 Å². The van der Waals surface area contributed by atoms with Gasteiger partial charge in [-0.1, -0.05) is 18.2 Å². The van der Waals surface area contributed by atoms with Crippen LogP contribution >= 0.6 is 0 Å². The first-order valence-corrected chi connectivity index (χ1v) is 9.62. The van der Waals surface area contributed by atoms with Crippen LogP contribution in [-0.4, -0.2) is 22.4 Å². The summed E-state index contributed by atoms with van der Waals surface area (Å²) in [6.45, 7) is 10.8. The molecule has 2 aromatic heterocycles. The fourth-order valence-corrected chi connectivity index (χ4v) is 3.92. The first kappa shape index (κ1) is 18.4. The number of aromatic nitrogens is 2. The number of para-hydroxylation sites is 1. The summed E-state index contributed by atoms with van der Waals surface area (Å²) in [6, 6.07) is 12.8. The number of nitrogens with zero attached hydrogens (tertiary/aromatic N) is 2. The van der Waals surface area contributed by atoms with Gasteiger partial charge in [0.2, 0.25) is 0 Å². The summed E-state index contributed by atoms with van der Waals surface area (Å²) in [7, 11) is 1.70. The summed E-state index contributed by atoms with van der Waals surface area (Å²) >= 11 is 0. The molecule has 3 heterocycles. The number of aliphatic imine (C=N–C) groups is 1. The average Bonchev–Trinajstić information content (AvgIpc) is 3.29. The molecule has 0 bridgehead atoms. The highest BCUT2D eigenvalue weighted by Crippen LogP contribution is 2.32. The average molecular weight is 374 g/mol. The zero-order valence-electron chi connectivity index (χ0n) is 17.4. The van der Waals surface area contributed by atoms with E-state index in [0.29, 0.717) is 0 Å². The largest absolute Gasteiger partial charge is 0.494 e. The molecular formula is C24H27N3O. The van der Waals surface area contributed by atoms with E-state index in [4.69, 9.17) is 9.73 Å². The highest BCUT2D eigenvalue weighted by molar-refractivity contribution is 6.13. The van der Waals surface area contributed by atoms with Crippen molar-refractivity contribution in [1.29, 1.82) is 0 Å². The molecule has 4 heteroatoms. The van der Waals surface area contributed by atoms with Crippen LogP contribution in [0, 0.1) is 13.8 Å². The summed E-state index contributed by atoms with van der Waals surface area (Å²) in [5, 5.41) is 1.22. The number of hydrogen-bond donors (Lipinski definition) is 1. The van der Waals surface area contributed by atoms with Crippen LogP contribution in [0.5, 0.6) is 0 Å². The second-order valence-electron chi connectivity index (χ2n) is 8.38. The molecule has 0 spiro atoms. The number of rotatable bonds is 3. The number of benzene rings is 1. The standard InChI is InChI=1S/C24H27N3O/c1-15-11-16(2)25-18(15)13-20-23(28-6)14-19(26-20)22-12-17-9-7-8-10-21(17)27(22)24(3,4)5/h7-14,25H,1-6H3/b20-13-. The summed E-state index contributed by atoms with van der Waals surface area (Å²) in [5.41, 5.74) is 7.43. The molecule has 0 saturated heterocycles. The number of ether oxygens (including phenoxy) is 1. The summed E-state index contributed by atoms with van der Waals surface area (Å²) < 4.78 is 8.01. The van der Waals surface area contributed by atoms with Crippen molar-refractivity contribution in [2.45, 2.75) is 40.2 Å². The topological polar surface area (TPSA) is 42.3 Å². The number of nitrogens with one attached hydrogen (secondary N) is 1. The van der Waals surface area contributed by atoms with Crippen LogP contribution in [0.1, 0.15) is 43.4 Å². The van der Waals surface area contributed by atoms with E-state index in [0.717, 1.165) is 34.2 Å². The van der Waals surface area contributed by atoms with Crippen LogP contribution in [0.2, 0.25) is 0 Å². The maximum Gasteiger partial charge on any atom is 0.146 e. The number of hydrogen-bond acceptors (Lipinski definition) is 2. The zero-order valence-corrected chi connectivity index (χ0v) is 17.4. The van der Waals surface area contributed by atoms with Crippen molar-refractivity contribution in [3.05, 3.63) is 76.6 Å². The van der Waals surface area contributed by atoms with E-state index in [1.54, 1.807) is 7.11 Å². The molecular weight excluding hydrogens is 346 g/mol. The van der Waals surface area contributed by atoms with Crippen LogP contribution in [0.15, 0.2) is 58.9 Å². The molecule has 4 nitrogen and oxygen atoms in total. The molecule has 0 amide bonds. The zero-order chi connectivity index (χ0) is 20.1. The molecule has 28 heavy (non-hydrogen) atoms. The van der Waals surface area contributed by atoms with Crippen molar-refractivity contribution >= 4 is 22.7 Å². The van der Waals surface area contributed by atoms with Gasteiger partial charge in [0, 0.05) is 33.9 Å². The Morgan fingerprint density at radius 1 is 1.11 bits per heavy atom. The van der Waals surface area contributed by atoms with E-state index in [-0.39, 0.29) is 5.54 Å². The number of allylic oxidation sites excluding steroid dienone is 1. The van der Waals surface area contributed by atoms with Crippen molar-refractivity contribution < 1.29 is 4.74 Å². The van der Waals surface area contributed by atoms with Crippen LogP contribution in [0.4, 0.5) is 0 Å². The highest BCUT2D eigenvalue weighted by atomic mass is 16.5. The molecule has 0 saturated carbocycles. The summed E-state index contributed by atoms with van der Waals surface area (Å²) in [6.07, 6.45) is 4.10. The summed E-state index contributed by atoms with van der Waals surface area (Å²) in [5.74, 6) is 0.785.